The summed E-state index contributed by atoms with van der Waals surface area (Å²) < 4.78 is 2.50. The lowest BCUT2D eigenvalue weighted by Crippen LogP contribution is -2.24. The Hall–Kier alpha value is -0.740. The Morgan fingerprint density at radius 2 is 2.37 bits per heavy atom. The minimum Gasteiger partial charge on any atom is -0.310 e. The smallest absolute Gasteiger partial charge is 0.160 e. The summed E-state index contributed by atoms with van der Waals surface area (Å²) in [6, 6.07) is 2.08. The van der Waals surface area contributed by atoms with Crippen LogP contribution in [0.4, 0.5) is 0 Å². The van der Waals surface area contributed by atoms with Crippen molar-refractivity contribution in [3.63, 3.8) is 0 Å². The van der Waals surface area contributed by atoms with Crippen LogP contribution in [0.1, 0.15) is 31.2 Å². The van der Waals surface area contributed by atoms with Gasteiger partial charge in [-0.3, -0.25) is 0 Å². The van der Waals surface area contributed by atoms with Gasteiger partial charge in [-0.25, -0.2) is 9.97 Å². The number of fused-ring (bicyclic) bond motifs is 1. The molecule has 102 valence electrons. The summed E-state index contributed by atoms with van der Waals surface area (Å²) in [6.45, 7) is 5.33. The molecule has 0 bridgehead atoms. The van der Waals surface area contributed by atoms with Gasteiger partial charge in [-0.1, -0.05) is 0 Å². The van der Waals surface area contributed by atoms with Crippen molar-refractivity contribution < 1.29 is 0 Å². The van der Waals surface area contributed by atoms with Crippen molar-refractivity contribution in [2.24, 2.45) is 0 Å². The highest BCUT2D eigenvalue weighted by atomic mass is 35.5. The summed E-state index contributed by atoms with van der Waals surface area (Å²) in [5, 5.41) is 0. The number of rotatable bonds is 3. The van der Waals surface area contributed by atoms with Gasteiger partial charge in [0.15, 0.2) is 5.65 Å². The molecule has 1 aliphatic heterocycles. The van der Waals surface area contributed by atoms with Crippen LogP contribution in [0.3, 0.4) is 0 Å². The van der Waals surface area contributed by atoms with E-state index in [1.165, 1.54) is 18.6 Å². The molecule has 1 saturated heterocycles. The molecule has 0 aliphatic carbocycles. The van der Waals surface area contributed by atoms with Gasteiger partial charge in [-0.15, -0.1) is 11.6 Å². The molecule has 0 N–H and O–H groups in total. The van der Waals surface area contributed by atoms with E-state index in [1.807, 2.05) is 13.1 Å². The molecule has 1 atom stereocenters. The number of alkyl halides is 1. The first-order valence-corrected chi connectivity index (χ1v) is 8.15. The van der Waals surface area contributed by atoms with Crippen LogP contribution in [0.25, 0.3) is 11.2 Å². The van der Waals surface area contributed by atoms with E-state index in [0.29, 0.717) is 10.6 Å². The fourth-order valence-electron chi connectivity index (χ4n) is 2.72. The molecule has 1 unspecified atom stereocenters. The maximum absolute atomic E-state index is 6.06. The zero-order chi connectivity index (χ0) is 13.5. The molecular weight excluding hydrogens is 278 g/mol. The minimum atomic E-state index is 0.293. The fourth-order valence-corrected chi connectivity index (χ4v) is 4.22. The zero-order valence-corrected chi connectivity index (χ0v) is 12.9. The Morgan fingerprint density at radius 1 is 1.53 bits per heavy atom. The van der Waals surface area contributed by atoms with E-state index in [4.69, 9.17) is 11.6 Å². The molecule has 1 fully saturated rings. The number of imidazole rings is 1. The van der Waals surface area contributed by atoms with Crippen LogP contribution in [0.2, 0.25) is 0 Å². The van der Waals surface area contributed by atoms with Crippen LogP contribution in [0.15, 0.2) is 12.3 Å². The number of aromatic nitrogens is 3. The van der Waals surface area contributed by atoms with Crippen LogP contribution in [0.5, 0.6) is 0 Å². The third-order valence-electron chi connectivity index (χ3n) is 3.71. The highest BCUT2D eigenvalue weighted by molar-refractivity contribution is 8.00. The van der Waals surface area contributed by atoms with Crippen LogP contribution in [-0.2, 0) is 12.4 Å². The predicted molar refractivity (Wildman–Crippen MR) is 81.9 cm³/mol. The molecule has 0 spiro atoms. The lowest BCUT2D eigenvalue weighted by molar-refractivity contribution is 0.508. The third kappa shape index (κ3) is 2.48. The van der Waals surface area contributed by atoms with Gasteiger partial charge in [0.1, 0.15) is 11.3 Å². The summed E-state index contributed by atoms with van der Waals surface area (Å²) in [5.41, 5.74) is 3.07. The summed E-state index contributed by atoms with van der Waals surface area (Å²) >= 11 is 8.11. The van der Waals surface area contributed by atoms with E-state index in [2.05, 4.69) is 39.3 Å². The fraction of sp³-hybridized carbons (Fsp3) is 0.571. The molecule has 2 aromatic rings. The molecule has 3 nitrogen and oxygen atoms in total. The molecule has 3 heterocycles. The van der Waals surface area contributed by atoms with Crippen molar-refractivity contribution in [1.29, 1.82) is 0 Å². The van der Waals surface area contributed by atoms with E-state index < -0.39 is 0 Å². The number of halogens is 1. The van der Waals surface area contributed by atoms with E-state index in [9.17, 15) is 0 Å². The number of pyridine rings is 1. The molecule has 5 heteroatoms. The lowest BCUT2D eigenvalue weighted by atomic mass is 10.1. The molecule has 19 heavy (non-hydrogen) atoms. The molecule has 1 aliphatic rings. The van der Waals surface area contributed by atoms with Gasteiger partial charge in [0.05, 0.1) is 5.88 Å². The molecule has 0 aromatic carbocycles. The lowest BCUT2D eigenvalue weighted by Gasteiger charge is -2.24. The van der Waals surface area contributed by atoms with Gasteiger partial charge in [0, 0.05) is 17.5 Å². The van der Waals surface area contributed by atoms with E-state index in [1.54, 1.807) is 0 Å². The van der Waals surface area contributed by atoms with Crippen molar-refractivity contribution in [1.82, 2.24) is 14.5 Å². The van der Waals surface area contributed by atoms with E-state index >= 15 is 0 Å². The Balaban J connectivity index is 2.05. The second kappa shape index (κ2) is 4.98. The predicted octanol–water partition coefficient (Wildman–Crippen LogP) is 3.76. The Kier molecular flexibility index (Phi) is 3.48. The van der Waals surface area contributed by atoms with Gasteiger partial charge in [0.2, 0.25) is 0 Å². The molecule has 3 rings (SSSR count). The maximum Gasteiger partial charge on any atom is 0.160 e. The van der Waals surface area contributed by atoms with Crippen molar-refractivity contribution in [2.75, 3.05) is 5.75 Å². The van der Waals surface area contributed by atoms with Gasteiger partial charge >= 0.3 is 0 Å². The number of aryl methyl sites for hydroxylation is 1. The third-order valence-corrected chi connectivity index (χ3v) is 5.48. The average molecular weight is 296 g/mol. The van der Waals surface area contributed by atoms with E-state index in [0.717, 1.165) is 29.1 Å². The topological polar surface area (TPSA) is 30.7 Å². The number of nitrogens with zero attached hydrogens (tertiary/aromatic N) is 3. The van der Waals surface area contributed by atoms with Crippen LogP contribution < -0.4 is 0 Å². The second-order valence-electron chi connectivity index (χ2n) is 5.51. The van der Waals surface area contributed by atoms with Gasteiger partial charge in [0.25, 0.3) is 0 Å². The average Bonchev–Trinajstić information content (AvgIpc) is 2.94. The first kappa shape index (κ1) is 13.3. The van der Waals surface area contributed by atoms with Crippen molar-refractivity contribution in [2.45, 2.75) is 43.9 Å². The number of hydrogen-bond donors (Lipinski definition) is 0. The van der Waals surface area contributed by atoms with E-state index in [-0.39, 0.29) is 0 Å². The largest absolute Gasteiger partial charge is 0.310 e. The molecule has 0 radical (unpaired) electrons. The Morgan fingerprint density at radius 3 is 3.05 bits per heavy atom. The minimum absolute atomic E-state index is 0.293. The molecule has 0 amide bonds. The summed E-state index contributed by atoms with van der Waals surface area (Å²) in [6.07, 6.45) is 4.46. The summed E-state index contributed by atoms with van der Waals surface area (Å²) in [7, 11) is 0. The second-order valence-corrected chi connectivity index (χ2v) is 7.45. The Bertz CT molecular complexity index is 602. The first-order valence-electron chi connectivity index (χ1n) is 6.63. The first-order chi connectivity index (χ1) is 9.11. The van der Waals surface area contributed by atoms with Crippen molar-refractivity contribution >= 4 is 34.5 Å². The highest BCUT2D eigenvalue weighted by Crippen LogP contribution is 2.39. The number of thioether (sulfide) groups is 1. The van der Waals surface area contributed by atoms with Crippen LogP contribution >= 0.6 is 23.4 Å². The Labute approximate surface area is 122 Å². The SMILES string of the molecule is Cc1cnc2c(c1)nc(CCl)n2CC1(C)CCCS1. The van der Waals surface area contributed by atoms with Gasteiger partial charge in [-0.2, -0.15) is 11.8 Å². The standard InChI is InChI=1S/C14H18ClN3S/c1-10-6-11-13(16-8-10)18(12(7-15)17-11)9-14(2)4-3-5-19-14/h6,8H,3-5,7,9H2,1-2H3. The summed E-state index contributed by atoms with van der Waals surface area (Å²) in [5.74, 6) is 2.63. The van der Waals surface area contributed by atoms with Crippen LogP contribution in [-0.4, -0.2) is 25.0 Å². The quantitative estimate of drug-likeness (QED) is 0.808. The van der Waals surface area contributed by atoms with Crippen molar-refractivity contribution in [3.05, 3.63) is 23.7 Å². The highest BCUT2D eigenvalue weighted by Gasteiger charge is 2.31. The molecule has 0 saturated carbocycles. The maximum atomic E-state index is 6.06. The molecule has 2 aromatic heterocycles. The van der Waals surface area contributed by atoms with Crippen molar-refractivity contribution in [3.8, 4) is 0 Å². The number of hydrogen-bond acceptors (Lipinski definition) is 3. The van der Waals surface area contributed by atoms with Gasteiger partial charge < -0.3 is 4.57 Å². The van der Waals surface area contributed by atoms with Crippen LogP contribution in [0, 0.1) is 6.92 Å². The molecular formula is C14H18ClN3S. The monoisotopic (exact) mass is 295 g/mol. The normalized spacial score (nSPS) is 23.3. The van der Waals surface area contributed by atoms with Gasteiger partial charge in [-0.05, 0) is 44.1 Å². The zero-order valence-electron chi connectivity index (χ0n) is 11.3. The summed E-state index contributed by atoms with van der Waals surface area (Å²) in [4.78, 5) is 9.18.